The van der Waals surface area contributed by atoms with E-state index < -0.39 is 29.3 Å². The lowest BCUT2D eigenvalue weighted by atomic mass is 9.76. The molecule has 200 valence electrons. The Morgan fingerprint density at radius 3 is 1.85 bits per heavy atom. The maximum absolute atomic E-state index is 13.3. The van der Waals surface area contributed by atoms with Crippen LogP contribution in [-0.4, -0.2) is 53.5 Å². The van der Waals surface area contributed by atoms with Crippen molar-refractivity contribution in [3.8, 4) is 23.5 Å². The minimum atomic E-state index is -1.13. The molecule has 8 heteroatoms. The Bertz CT molecular complexity index is 1500. The number of nitrogens with zero attached hydrogens (tertiary/aromatic N) is 2. The molecule has 0 bridgehead atoms. The molecule has 3 amide bonds. The van der Waals surface area contributed by atoms with Gasteiger partial charge in [-0.25, -0.2) is 9.59 Å². The number of hydroxylamine groups is 2. The molecule has 2 aliphatic heterocycles. The fourth-order valence-electron chi connectivity index (χ4n) is 5.88. The summed E-state index contributed by atoms with van der Waals surface area (Å²) in [5.74, 6) is 0.321. The number of ether oxygens (including phenoxy) is 1. The molecule has 0 atom stereocenters. The van der Waals surface area contributed by atoms with Gasteiger partial charge in [0, 0.05) is 25.4 Å². The average Bonchev–Trinajstić information content (AvgIpc) is 3.43. The third kappa shape index (κ3) is 4.11. The zero-order valence-corrected chi connectivity index (χ0v) is 21.7. The summed E-state index contributed by atoms with van der Waals surface area (Å²) in [6.07, 6.45) is 5.60. The molecule has 0 saturated carbocycles. The van der Waals surface area contributed by atoms with Crippen molar-refractivity contribution >= 4 is 23.9 Å². The van der Waals surface area contributed by atoms with Crippen LogP contribution >= 0.6 is 0 Å². The minimum absolute atomic E-state index is 0.0491. The summed E-state index contributed by atoms with van der Waals surface area (Å²) in [5.41, 5.74) is 3.76. The Kier molecular flexibility index (Phi) is 6.35. The van der Waals surface area contributed by atoms with E-state index >= 15 is 0 Å². The molecule has 2 heterocycles. The van der Waals surface area contributed by atoms with Crippen LogP contribution in [0.15, 0.2) is 72.8 Å². The topological polar surface area (TPSA) is 93.2 Å². The fraction of sp³-hybridized carbons (Fsp3) is 0.250. The number of amides is 3. The van der Waals surface area contributed by atoms with Crippen LogP contribution in [0.3, 0.4) is 0 Å². The molecule has 1 aliphatic carbocycles. The van der Waals surface area contributed by atoms with E-state index in [-0.39, 0.29) is 56.0 Å². The summed E-state index contributed by atoms with van der Waals surface area (Å²) in [6, 6.07) is 22.5. The molecular weight excluding hydrogens is 508 g/mol. The number of terminal acetylenes is 1. The number of piperidine rings is 1. The highest BCUT2D eigenvalue weighted by Gasteiger charge is 2.47. The predicted octanol–water partition coefficient (Wildman–Crippen LogP) is 4.80. The maximum atomic E-state index is 13.3. The normalized spacial score (nSPS) is 17.1. The average molecular weight is 535 g/mol. The Hall–Kier alpha value is -4.90. The van der Waals surface area contributed by atoms with E-state index in [1.807, 2.05) is 24.3 Å². The number of carbonyl (C=O) groups is 4. The van der Waals surface area contributed by atoms with Gasteiger partial charge in [-0.2, -0.15) is 0 Å². The molecule has 1 fully saturated rings. The van der Waals surface area contributed by atoms with Gasteiger partial charge < -0.3 is 14.5 Å². The third-order valence-electron chi connectivity index (χ3n) is 8.12. The zero-order chi connectivity index (χ0) is 27.9. The molecule has 0 N–H and O–H groups in total. The van der Waals surface area contributed by atoms with Crippen molar-refractivity contribution in [2.45, 2.75) is 25.2 Å². The van der Waals surface area contributed by atoms with Crippen molar-refractivity contribution < 1.29 is 28.8 Å². The van der Waals surface area contributed by atoms with E-state index in [1.54, 1.807) is 17.0 Å². The molecule has 0 radical (unpaired) electrons. The lowest BCUT2D eigenvalue weighted by Crippen LogP contribution is -2.49. The van der Waals surface area contributed by atoms with Crippen LogP contribution < -0.4 is 0 Å². The number of hydrogen-bond acceptors (Lipinski definition) is 6. The molecule has 3 aliphatic rings. The summed E-state index contributed by atoms with van der Waals surface area (Å²) in [4.78, 5) is 58.6. The van der Waals surface area contributed by atoms with Crippen LogP contribution in [0.2, 0.25) is 0 Å². The van der Waals surface area contributed by atoms with E-state index in [9.17, 15) is 19.2 Å². The molecule has 3 aromatic rings. The van der Waals surface area contributed by atoms with Crippen molar-refractivity contribution in [1.29, 1.82) is 0 Å². The third-order valence-corrected chi connectivity index (χ3v) is 8.12. The van der Waals surface area contributed by atoms with Gasteiger partial charge in [0.15, 0.2) is 0 Å². The van der Waals surface area contributed by atoms with Crippen LogP contribution in [-0.2, 0) is 14.4 Å². The number of rotatable bonds is 5. The molecule has 0 unspecified atom stereocenters. The van der Waals surface area contributed by atoms with Crippen LogP contribution in [0, 0.1) is 17.8 Å². The van der Waals surface area contributed by atoms with Crippen LogP contribution in [0.5, 0.6) is 0 Å². The molecule has 0 spiro atoms. The Labute approximate surface area is 231 Å². The number of hydrogen-bond donors (Lipinski definition) is 0. The van der Waals surface area contributed by atoms with Crippen LogP contribution in [0.1, 0.15) is 57.0 Å². The van der Waals surface area contributed by atoms with Crippen molar-refractivity contribution in [2.24, 2.45) is 5.41 Å². The summed E-state index contributed by atoms with van der Waals surface area (Å²) in [7, 11) is 0. The van der Waals surface area contributed by atoms with Crippen molar-refractivity contribution in [2.75, 3.05) is 19.7 Å². The molecule has 8 nitrogen and oxygen atoms in total. The minimum Gasteiger partial charge on any atom is -0.448 e. The summed E-state index contributed by atoms with van der Waals surface area (Å²) >= 11 is 0. The molecular formula is C32H26N2O6. The second kappa shape index (κ2) is 10.0. The highest BCUT2D eigenvalue weighted by atomic mass is 16.7. The van der Waals surface area contributed by atoms with E-state index in [0.29, 0.717) is 5.06 Å². The number of fused-ring (bicyclic) bond motifs is 4. The van der Waals surface area contributed by atoms with Gasteiger partial charge in [-0.1, -0.05) is 65.7 Å². The van der Waals surface area contributed by atoms with Gasteiger partial charge >= 0.3 is 12.1 Å². The molecule has 1 saturated heterocycles. The van der Waals surface area contributed by atoms with Gasteiger partial charge in [-0.3, -0.25) is 9.59 Å². The van der Waals surface area contributed by atoms with Gasteiger partial charge in [0.2, 0.25) is 0 Å². The predicted molar refractivity (Wildman–Crippen MR) is 145 cm³/mol. The second-order valence-electron chi connectivity index (χ2n) is 10.3. The van der Waals surface area contributed by atoms with E-state index in [0.717, 1.165) is 22.3 Å². The molecule has 0 aromatic heterocycles. The number of benzene rings is 3. The van der Waals surface area contributed by atoms with Gasteiger partial charge in [-0.05, 0) is 47.2 Å². The van der Waals surface area contributed by atoms with Gasteiger partial charge in [-0.15, -0.1) is 12.3 Å². The van der Waals surface area contributed by atoms with Crippen LogP contribution in [0.25, 0.3) is 11.1 Å². The molecule has 3 aromatic carbocycles. The zero-order valence-electron chi connectivity index (χ0n) is 21.7. The van der Waals surface area contributed by atoms with Crippen molar-refractivity contribution in [1.82, 2.24) is 9.96 Å². The lowest BCUT2D eigenvalue weighted by Gasteiger charge is -2.38. The fourth-order valence-corrected chi connectivity index (χ4v) is 5.88. The summed E-state index contributed by atoms with van der Waals surface area (Å²) in [6.45, 7) is 0.631. The maximum Gasteiger partial charge on any atom is 0.409 e. The molecule has 6 rings (SSSR count). The monoisotopic (exact) mass is 534 g/mol. The highest BCUT2D eigenvalue weighted by molar-refractivity contribution is 6.20. The van der Waals surface area contributed by atoms with E-state index in [1.165, 1.54) is 12.1 Å². The van der Waals surface area contributed by atoms with E-state index in [4.69, 9.17) is 16.0 Å². The highest BCUT2D eigenvalue weighted by Crippen LogP contribution is 2.45. The van der Waals surface area contributed by atoms with Gasteiger partial charge in [0.25, 0.3) is 11.8 Å². The first-order valence-electron chi connectivity index (χ1n) is 13.2. The van der Waals surface area contributed by atoms with Crippen molar-refractivity contribution in [3.63, 3.8) is 0 Å². The summed E-state index contributed by atoms with van der Waals surface area (Å²) < 4.78 is 5.77. The Morgan fingerprint density at radius 2 is 1.32 bits per heavy atom. The largest absolute Gasteiger partial charge is 0.448 e. The Morgan fingerprint density at radius 1 is 0.825 bits per heavy atom. The first-order chi connectivity index (χ1) is 19.4. The molecule has 40 heavy (non-hydrogen) atoms. The first-order valence-corrected chi connectivity index (χ1v) is 13.2. The van der Waals surface area contributed by atoms with Crippen LogP contribution in [0.4, 0.5) is 4.79 Å². The SMILES string of the molecule is C#CCC1(C(=O)ON2C(=O)c3ccccc3C2=O)CCN(C(=O)OCC2c3ccccc3-c3ccccc32)CC1. The number of imide groups is 1. The summed E-state index contributed by atoms with van der Waals surface area (Å²) in [5, 5.41) is 0.503. The smallest absolute Gasteiger partial charge is 0.409 e. The second-order valence-corrected chi connectivity index (χ2v) is 10.3. The van der Waals surface area contributed by atoms with E-state index in [2.05, 4.69) is 30.2 Å². The first kappa shape index (κ1) is 25.4. The quantitative estimate of drug-likeness (QED) is 0.345. The number of likely N-dealkylation sites (tertiary alicyclic amines) is 1. The van der Waals surface area contributed by atoms with Gasteiger partial charge in [0.05, 0.1) is 16.5 Å². The standard InChI is InChI=1S/C32H26N2O6/c1-2-15-32(30(37)40-34-28(35)25-13-7-8-14-26(25)29(34)36)16-18-33(19-17-32)31(38)39-20-27-23-11-5-3-9-21(23)22-10-4-6-12-24(22)27/h1,3-14,27H,15-20H2. The van der Waals surface area contributed by atoms with Crippen molar-refractivity contribution in [3.05, 3.63) is 95.1 Å². The number of carbonyl (C=O) groups excluding carboxylic acids is 4. The Balaban J connectivity index is 1.10. The lowest BCUT2D eigenvalue weighted by molar-refractivity contribution is -0.183. The van der Waals surface area contributed by atoms with Gasteiger partial charge in [0.1, 0.15) is 6.61 Å².